The number of nitrogens with zero attached hydrogens (tertiary/aromatic N) is 3. The van der Waals surface area contributed by atoms with Gasteiger partial charge in [0.05, 0.1) is 6.04 Å². The zero-order chi connectivity index (χ0) is 27.5. The van der Waals surface area contributed by atoms with Crippen LogP contribution in [0, 0.1) is 0 Å². The SMILES string of the molecule is CC1=C(CN2CCCC2)COc2cc(NC(=O)N3CCN(C(c4ccccc4)c4ccc(Cl)cc4)CC3)ccc21. The zero-order valence-corrected chi connectivity index (χ0v) is 23.9. The fourth-order valence-electron chi connectivity index (χ4n) is 6.15. The Balaban J connectivity index is 1.09. The number of allylic oxidation sites excluding steroid dienone is 1. The highest BCUT2D eigenvalue weighted by molar-refractivity contribution is 6.30. The maximum atomic E-state index is 13.2. The van der Waals surface area contributed by atoms with Crippen molar-refractivity contribution in [1.82, 2.24) is 14.7 Å². The van der Waals surface area contributed by atoms with E-state index in [1.807, 2.05) is 35.2 Å². The number of piperazine rings is 1. The number of amides is 2. The Hall–Kier alpha value is -3.32. The first-order valence-corrected chi connectivity index (χ1v) is 14.7. The number of hydrogen-bond donors (Lipinski definition) is 1. The molecule has 0 radical (unpaired) electrons. The molecule has 0 aromatic heterocycles. The Morgan fingerprint density at radius 2 is 1.60 bits per heavy atom. The molecule has 40 heavy (non-hydrogen) atoms. The molecule has 3 heterocycles. The van der Waals surface area contributed by atoms with E-state index in [1.165, 1.54) is 48.2 Å². The van der Waals surface area contributed by atoms with Gasteiger partial charge in [0.15, 0.2) is 0 Å². The van der Waals surface area contributed by atoms with Gasteiger partial charge in [-0.2, -0.15) is 0 Å². The largest absolute Gasteiger partial charge is 0.488 e. The molecule has 3 aliphatic heterocycles. The van der Waals surface area contributed by atoms with Gasteiger partial charge in [0.25, 0.3) is 0 Å². The summed E-state index contributed by atoms with van der Waals surface area (Å²) in [6, 6.07) is 24.7. The maximum Gasteiger partial charge on any atom is 0.321 e. The molecular formula is C33H37ClN4O2. The number of likely N-dealkylation sites (tertiary alicyclic amines) is 1. The predicted octanol–water partition coefficient (Wildman–Crippen LogP) is 6.54. The number of carbonyl (C=O) groups is 1. The van der Waals surface area contributed by atoms with Crippen LogP contribution in [0.4, 0.5) is 10.5 Å². The lowest BCUT2D eigenvalue weighted by atomic mass is 9.96. The van der Waals surface area contributed by atoms with Crippen molar-refractivity contribution in [2.24, 2.45) is 0 Å². The third-order valence-electron chi connectivity index (χ3n) is 8.45. The van der Waals surface area contributed by atoms with Crippen molar-refractivity contribution < 1.29 is 9.53 Å². The van der Waals surface area contributed by atoms with Gasteiger partial charge in [0.1, 0.15) is 12.4 Å². The number of nitrogens with one attached hydrogen (secondary N) is 1. The topological polar surface area (TPSA) is 48.1 Å². The first-order chi connectivity index (χ1) is 19.5. The van der Waals surface area contributed by atoms with Crippen molar-refractivity contribution >= 4 is 28.9 Å². The molecule has 3 aliphatic rings. The molecule has 3 aromatic carbocycles. The second-order valence-corrected chi connectivity index (χ2v) is 11.5. The minimum atomic E-state index is -0.0693. The molecule has 3 aromatic rings. The number of anilines is 1. The summed E-state index contributed by atoms with van der Waals surface area (Å²) < 4.78 is 6.15. The fraction of sp³-hybridized carbons (Fsp3) is 0.364. The van der Waals surface area contributed by atoms with Crippen LogP contribution >= 0.6 is 11.6 Å². The number of fused-ring (bicyclic) bond motifs is 1. The van der Waals surface area contributed by atoms with Crippen molar-refractivity contribution in [1.29, 1.82) is 0 Å². The first-order valence-electron chi connectivity index (χ1n) is 14.3. The van der Waals surface area contributed by atoms with Gasteiger partial charge < -0.3 is 15.0 Å². The second-order valence-electron chi connectivity index (χ2n) is 11.0. The molecule has 1 unspecified atom stereocenters. The molecule has 7 heteroatoms. The van der Waals surface area contributed by atoms with E-state index in [1.54, 1.807) is 0 Å². The monoisotopic (exact) mass is 556 g/mol. The number of hydrogen-bond acceptors (Lipinski definition) is 4. The van der Waals surface area contributed by atoms with Crippen molar-refractivity contribution in [3.05, 3.63) is 100 Å². The summed E-state index contributed by atoms with van der Waals surface area (Å²) in [5, 5.41) is 3.84. The van der Waals surface area contributed by atoms with E-state index in [9.17, 15) is 4.79 Å². The molecule has 1 atom stereocenters. The van der Waals surface area contributed by atoms with E-state index in [2.05, 4.69) is 64.5 Å². The van der Waals surface area contributed by atoms with Gasteiger partial charge in [-0.25, -0.2) is 4.79 Å². The van der Waals surface area contributed by atoms with Crippen molar-refractivity contribution in [3.63, 3.8) is 0 Å². The van der Waals surface area contributed by atoms with E-state index < -0.39 is 0 Å². The molecular weight excluding hydrogens is 520 g/mol. The molecule has 0 aliphatic carbocycles. The van der Waals surface area contributed by atoms with Crippen molar-refractivity contribution in [2.75, 3.05) is 57.7 Å². The normalized spacial score (nSPS) is 18.8. The highest BCUT2D eigenvalue weighted by atomic mass is 35.5. The highest BCUT2D eigenvalue weighted by Gasteiger charge is 2.29. The second kappa shape index (κ2) is 12.0. The zero-order valence-electron chi connectivity index (χ0n) is 23.1. The number of urea groups is 1. The Morgan fingerprint density at radius 3 is 2.33 bits per heavy atom. The molecule has 0 saturated carbocycles. The van der Waals surface area contributed by atoms with Gasteiger partial charge in [-0.15, -0.1) is 0 Å². The van der Waals surface area contributed by atoms with Gasteiger partial charge in [0.2, 0.25) is 0 Å². The van der Waals surface area contributed by atoms with E-state index in [0.29, 0.717) is 19.7 Å². The Labute approximate surface area is 242 Å². The third-order valence-corrected chi connectivity index (χ3v) is 8.70. The lowest BCUT2D eigenvalue weighted by molar-refractivity contribution is 0.126. The summed E-state index contributed by atoms with van der Waals surface area (Å²) in [7, 11) is 0. The van der Waals surface area contributed by atoms with Crippen LogP contribution in [0.25, 0.3) is 5.57 Å². The lowest BCUT2D eigenvalue weighted by Gasteiger charge is -2.39. The van der Waals surface area contributed by atoms with Gasteiger partial charge >= 0.3 is 6.03 Å². The van der Waals surface area contributed by atoms with Crippen LogP contribution in [-0.2, 0) is 0 Å². The van der Waals surface area contributed by atoms with Crippen LogP contribution in [0.15, 0.2) is 78.4 Å². The van der Waals surface area contributed by atoms with Crippen LogP contribution in [0.1, 0.15) is 42.5 Å². The average Bonchev–Trinajstić information content (AvgIpc) is 3.50. The summed E-state index contributed by atoms with van der Waals surface area (Å²) >= 11 is 6.18. The van der Waals surface area contributed by atoms with E-state index in [-0.39, 0.29) is 12.1 Å². The summed E-state index contributed by atoms with van der Waals surface area (Å²) in [6.45, 7) is 9.03. The molecule has 208 valence electrons. The van der Waals surface area contributed by atoms with E-state index >= 15 is 0 Å². The van der Waals surface area contributed by atoms with Gasteiger partial charge in [-0.3, -0.25) is 9.80 Å². The Bertz CT molecular complexity index is 1360. The maximum absolute atomic E-state index is 13.2. The van der Waals surface area contributed by atoms with Crippen LogP contribution in [0.3, 0.4) is 0 Å². The van der Waals surface area contributed by atoms with Gasteiger partial charge in [-0.05, 0) is 79.4 Å². The standard InChI is InChI=1S/C33H37ClN4O2/c1-24-27(22-36-15-5-6-16-36)23-40-31-21-29(13-14-30(24)31)35-33(39)38-19-17-37(18-20-38)32(25-7-3-2-4-8-25)26-9-11-28(34)12-10-26/h2-4,7-14,21,32H,5-6,15-20,22-23H2,1H3,(H,35,39). The van der Waals surface area contributed by atoms with Gasteiger partial charge in [0, 0.05) is 55.1 Å². The molecule has 6 nitrogen and oxygen atoms in total. The predicted molar refractivity (Wildman–Crippen MR) is 162 cm³/mol. The quantitative estimate of drug-likeness (QED) is 0.374. The summed E-state index contributed by atoms with van der Waals surface area (Å²) in [5.74, 6) is 0.846. The third kappa shape index (κ3) is 5.90. The molecule has 2 amide bonds. The fourth-order valence-corrected chi connectivity index (χ4v) is 6.27. The number of rotatable bonds is 6. The summed E-state index contributed by atoms with van der Waals surface area (Å²) in [5.41, 5.74) is 7.00. The van der Waals surface area contributed by atoms with Crippen LogP contribution in [0.2, 0.25) is 5.02 Å². The number of carbonyl (C=O) groups excluding carboxylic acids is 1. The highest BCUT2D eigenvalue weighted by Crippen LogP contribution is 2.36. The molecule has 2 fully saturated rings. The minimum absolute atomic E-state index is 0.0693. The molecule has 0 spiro atoms. The Morgan fingerprint density at radius 1 is 0.900 bits per heavy atom. The van der Waals surface area contributed by atoms with E-state index in [0.717, 1.165) is 41.7 Å². The lowest BCUT2D eigenvalue weighted by Crippen LogP contribution is -2.51. The summed E-state index contributed by atoms with van der Waals surface area (Å²) in [4.78, 5) is 20.1. The minimum Gasteiger partial charge on any atom is -0.488 e. The summed E-state index contributed by atoms with van der Waals surface area (Å²) in [6.07, 6.45) is 2.58. The van der Waals surface area contributed by atoms with Crippen molar-refractivity contribution in [3.8, 4) is 5.75 Å². The number of ether oxygens (including phenoxy) is 1. The molecule has 1 N–H and O–H groups in total. The van der Waals surface area contributed by atoms with Crippen LogP contribution in [0.5, 0.6) is 5.75 Å². The molecule has 2 saturated heterocycles. The number of halogens is 1. The van der Waals surface area contributed by atoms with Crippen LogP contribution < -0.4 is 10.1 Å². The number of benzene rings is 3. The smallest absolute Gasteiger partial charge is 0.321 e. The molecule has 0 bridgehead atoms. The first kappa shape index (κ1) is 26.9. The van der Waals surface area contributed by atoms with Crippen LogP contribution in [-0.4, -0.2) is 73.2 Å². The molecule has 6 rings (SSSR count). The Kier molecular flexibility index (Phi) is 8.10. The van der Waals surface area contributed by atoms with Crippen molar-refractivity contribution in [2.45, 2.75) is 25.8 Å². The average molecular weight is 557 g/mol. The van der Waals surface area contributed by atoms with Gasteiger partial charge in [-0.1, -0.05) is 54.1 Å². The van der Waals surface area contributed by atoms with E-state index in [4.69, 9.17) is 16.3 Å².